The molecule has 0 fully saturated rings. The molecule has 0 aromatic heterocycles. The van der Waals surface area contributed by atoms with Crippen LogP contribution in [-0.2, 0) is 0 Å². The molecule has 0 aliphatic rings. The fourth-order valence-corrected chi connectivity index (χ4v) is 5.29. The number of rotatable bonds is 3. The molecule has 0 heterocycles. The second-order valence-corrected chi connectivity index (χ2v) is 9.01. The van der Waals surface area contributed by atoms with E-state index in [0.717, 1.165) is 0 Å². The van der Waals surface area contributed by atoms with Gasteiger partial charge in [-0.1, -0.05) is 77.6 Å². The molecule has 1 nitrogen and oxygen atoms in total. The van der Waals surface area contributed by atoms with Crippen molar-refractivity contribution in [3.8, 4) is 0 Å². The van der Waals surface area contributed by atoms with Crippen molar-refractivity contribution in [1.82, 2.24) is 0 Å². The van der Waals surface area contributed by atoms with Gasteiger partial charge in [-0.2, -0.15) is 0 Å². The lowest BCUT2D eigenvalue weighted by Crippen LogP contribution is -2.63. The molecule has 2 heteroatoms. The predicted molar refractivity (Wildman–Crippen MR) is 75.5 cm³/mol. The van der Waals surface area contributed by atoms with E-state index in [0.29, 0.717) is 0 Å². The van der Waals surface area contributed by atoms with Gasteiger partial charge in [-0.15, -0.1) is 0 Å². The van der Waals surface area contributed by atoms with E-state index >= 15 is 0 Å². The van der Waals surface area contributed by atoms with Crippen LogP contribution in [0.4, 0.5) is 0 Å². The lowest BCUT2D eigenvalue weighted by atomic mass is 10.4. The van der Waals surface area contributed by atoms with E-state index in [9.17, 15) is 5.11 Å². The Balaban J connectivity index is 2.55. The molecule has 0 aliphatic carbocycles. The Morgan fingerprint density at radius 2 is 1.18 bits per heavy atom. The molecular weight excluding hydrogens is 224 g/mol. The van der Waals surface area contributed by atoms with Gasteiger partial charge in [0.1, 0.15) is 8.07 Å². The van der Waals surface area contributed by atoms with Crippen LogP contribution < -0.4 is 10.4 Å². The average molecular weight is 242 g/mol. The highest BCUT2D eigenvalue weighted by atomic mass is 28.3. The third kappa shape index (κ3) is 2.19. The highest BCUT2D eigenvalue weighted by molar-refractivity contribution is 7.02. The standard InChI is InChI=1S/C15H18OSi/c1-13(16)17(2,14-9-5-3-6-10-14)15-11-7-4-8-12-15/h3-13,16H,1-2H3. The van der Waals surface area contributed by atoms with Gasteiger partial charge in [0.15, 0.2) is 0 Å². The number of hydrogen-bond acceptors (Lipinski definition) is 1. The summed E-state index contributed by atoms with van der Waals surface area (Å²) in [5.74, 6) is 0. The van der Waals surface area contributed by atoms with Gasteiger partial charge in [0, 0.05) is 0 Å². The van der Waals surface area contributed by atoms with Crippen molar-refractivity contribution in [2.24, 2.45) is 0 Å². The summed E-state index contributed by atoms with van der Waals surface area (Å²) in [5, 5.41) is 12.8. The lowest BCUT2D eigenvalue weighted by molar-refractivity contribution is 0.267. The Morgan fingerprint density at radius 3 is 1.47 bits per heavy atom. The smallest absolute Gasteiger partial charge is 0.145 e. The topological polar surface area (TPSA) is 20.2 Å². The third-order valence-corrected chi connectivity index (χ3v) is 8.32. The highest BCUT2D eigenvalue weighted by Crippen LogP contribution is 2.10. The average Bonchev–Trinajstić information content (AvgIpc) is 2.39. The maximum absolute atomic E-state index is 10.2. The molecule has 1 N–H and O–H groups in total. The van der Waals surface area contributed by atoms with Crippen LogP contribution in [0.2, 0.25) is 6.55 Å². The maximum Gasteiger partial charge on any atom is 0.145 e. The van der Waals surface area contributed by atoms with Crippen molar-refractivity contribution in [2.45, 2.75) is 19.2 Å². The van der Waals surface area contributed by atoms with E-state index < -0.39 is 8.07 Å². The van der Waals surface area contributed by atoms with Gasteiger partial charge in [0.2, 0.25) is 0 Å². The van der Waals surface area contributed by atoms with Gasteiger partial charge in [-0.25, -0.2) is 0 Å². The largest absolute Gasteiger partial charge is 0.396 e. The number of hydrogen-bond donors (Lipinski definition) is 1. The Labute approximate surface area is 104 Å². The quantitative estimate of drug-likeness (QED) is 0.814. The van der Waals surface area contributed by atoms with Gasteiger partial charge in [-0.3, -0.25) is 0 Å². The maximum atomic E-state index is 10.2. The SMILES string of the molecule is CC(O)[Si](C)(c1ccccc1)c1ccccc1. The molecule has 2 rings (SSSR count). The molecule has 0 radical (unpaired) electrons. The molecule has 88 valence electrons. The molecule has 0 spiro atoms. The summed E-state index contributed by atoms with van der Waals surface area (Å²) in [6.45, 7) is 4.13. The monoisotopic (exact) mass is 242 g/mol. The zero-order chi connectivity index (χ0) is 12.3. The summed E-state index contributed by atoms with van der Waals surface area (Å²) in [5.41, 5.74) is -0.299. The predicted octanol–water partition coefficient (Wildman–Crippen LogP) is 1.80. The molecule has 0 aliphatic heterocycles. The van der Waals surface area contributed by atoms with E-state index in [2.05, 4.69) is 30.8 Å². The molecule has 17 heavy (non-hydrogen) atoms. The first kappa shape index (κ1) is 12.1. The van der Waals surface area contributed by atoms with Crippen LogP contribution in [0.1, 0.15) is 6.92 Å². The zero-order valence-electron chi connectivity index (χ0n) is 10.3. The van der Waals surface area contributed by atoms with E-state index in [4.69, 9.17) is 0 Å². The second kappa shape index (κ2) is 4.86. The molecule has 0 saturated carbocycles. The highest BCUT2D eigenvalue weighted by Gasteiger charge is 2.36. The van der Waals surface area contributed by atoms with Gasteiger partial charge in [0.25, 0.3) is 0 Å². The van der Waals surface area contributed by atoms with Crippen molar-refractivity contribution in [3.05, 3.63) is 60.7 Å². The van der Waals surface area contributed by atoms with Crippen LogP contribution in [0.3, 0.4) is 0 Å². The van der Waals surface area contributed by atoms with Crippen molar-refractivity contribution in [2.75, 3.05) is 0 Å². The lowest BCUT2D eigenvalue weighted by Gasteiger charge is -2.31. The Hall–Kier alpha value is -1.38. The first-order chi connectivity index (χ1) is 8.15. The normalized spacial score (nSPS) is 13.4. The van der Waals surface area contributed by atoms with Gasteiger partial charge < -0.3 is 5.11 Å². The van der Waals surface area contributed by atoms with Gasteiger partial charge in [-0.05, 0) is 6.92 Å². The van der Waals surface area contributed by atoms with Crippen LogP contribution in [0.15, 0.2) is 60.7 Å². The Morgan fingerprint density at radius 1 is 0.824 bits per heavy atom. The van der Waals surface area contributed by atoms with E-state index in [1.807, 2.05) is 43.3 Å². The van der Waals surface area contributed by atoms with Crippen molar-refractivity contribution in [3.63, 3.8) is 0 Å². The molecule has 0 amide bonds. The summed E-state index contributed by atoms with van der Waals surface area (Å²) in [4.78, 5) is 0. The number of benzene rings is 2. The molecule has 0 bridgehead atoms. The van der Waals surface area contributed by atoms with Crippen LogP contribution in [-0.4, -0.2) is 18.9 Å². The second-order valence-electron chi connectivity index (χ2n) is 4.61. The van der Waals surface area contributed by atoms with Crippen molar-refractivity contribution < 1.29 is 5.11 Å². The first-order valence-corrected chi connectivity index (χ1v) is 8.52. The molecule has 0 saturated heterocycles. The van der Waals surface area contributed by atoms with E-state index in [1.165, 1.54) is 10.4 Å². The summed E-state index contributed by atoms with van der Waals surface area (Å²) in [6.07, 6.45) is 0. The summed E-state index contributed by atoms with van der Waals surface area (Å²) in [7, 11) is -2.02. The van der Waals surface area contributed by atoms with Crippen LogP contribution in [0.5, 0.6) is 0 Å². The first-order valence-electron chi connectivity index (χ1n) is 5.95. The third-order valence-electron chi connectivity index (χ3n) is 3.58. The van der Waals surface area contributed by atoms with Crippen molar-refractivity contribution >= 4 is 18.4 Å². The number of aliphatic hydroxyl groups excluding tert-OH is 1. The minimum Gasteiger partial charge on any atom is -0.396 e. The summed E-state index contributed by atoms with van der Waals surface area (Å²) < 4.78 is 0. The fourth-order valence-electron chi connectivity index (χ4n) is 2.22. The molecule has 1 atom stereocenters. The Bertz CT molecular complexity index is 425. The van der Waals surface area contributed by atoms with Crippen LogP contribution >= 0.6 is 0 Å². The molecule has 2 aromatic rings. The molecular formula is C15H18OSi. The van der Waals surface area contributed by atoms with Crippen LogP contribution in [0.25, 0.3) is 0 Å². The Kier molecular flexibility index (Phi) is 3.45. The van der Waals surface area contributed by atoms with Crippen LogP contribution in [0, 0.1) is 0 Å². The summed E-state index contributed by atoms with van der Waals surface area (Å²) >= 11 is 0. The van der Waals surface area contributed by atoms with E-state index in [1.54, 1.807) is 0 Å². The van der Waals surface area contributed by atoms with E-state index in [-0.39, 0.29) is 5.73 Å². The molecule has 2 aromatic carbocycles. The molecule has 1 unspecified atom stereocenters. The van der Waals surface area contributed by atoms with Gasteiger partial charge in [0.05, 0.1) is 5.73 Å². The minimum atomic E-state index is -2.02. The van der Waals surface area contributed by atoms with Gasteiger partial charge >= 0.3 is 0 Å². The summed E-state index contributed by atoms with van der Waals surface area (Å²) in [6, 6.07) is 20.8. The fraction of sp³-hybridized carbons (Fsp3) is 0.200. The number of aliphatic hydroxyl groups is 1. The zero-order valence-corrected chi connectivity index (χ0v) is 11.3. The van der Waals surface area contributed by atoms with Crippen molar-refractivity contribution in [1.29, 1.82) is 0 Å². The minimum absolute atomic E-state index is 0.299.